The van der Waals surface area contributed by atoms with Crippen LogP contribution in [0.1, 0.15) is 31.7 Å². The van der Waals surface area contributed by atoms with Gasteiger partial charge in [0.2, 0.25) is 0 Å². The Morgan fingerprint density at radius 2 is 1.67 bits per heavy atom. The van der Waals surface area contributed by atoms with Crippen LogP contribution in [0.15, 0.2) is 49.2 Å². The van der Waals surface area contributed by atoms with E-state index in [0.717, 1.165) is 31.1 Å². The normalized spacial score (nSPS) is 26.8. The van der Waals surface area contributed by atoms with Crippen molar-refractivity contribution in [1.29, 1.82) is 0 Å². The Balaban J connectivity index is 1.59. The van der Waals surface area contributed by atoms with E-state index in [-0.39, 0.29) is 5.41 Å². The molecule has 2 bridgehead atoms. The SMILES string of the molecule is C=COc1c(F)cc(-c2ccc(C34CCC(CC)(CO3)CO4)cc2)cc1F. The lowest BCUT2D eigenvalue weighted by Gasteiger charge is -2.52. The Hall–Kier alpha value is -2.24. The molecule has 0 atom stereocenters. The maximum absolute atomic E-state index is 14.1. The van der Waals surface area contributed by atoms with Gasteiger partial charge in [0, 0.05) is 17.4 Å². The van der Waals surface area contributed by atoms with Crippen molar-refractivity contribution in [3.05, 3.63) is 66.4 Å². The van der Waals surface area contributed by atoms with Gasteiger partial charge < -0.3 is 14.2 Å². The molecule has 5 rings (SSSR count). The van der Waals surface area contributed by atoms with Gasteiger partial charge in [0.25, 0.3) is 0 Å². The molecule has 2 aromatic rings. The lowest BCUT2D eigenvalue weighted by Crippen LogP contribution is -2.53. The van der Waals surface area contributed by atoms with Gasteiger partial charge in [-0.1, -0.05) is 37.8 Å². The fourth-order valence-corrected chi connectivity index (χ4v) is 3.87. The Morgan fingerprint density at radius 1 is 1.04 bits per heavy atom. The molecule has 0 amide bonds. The Labute approximate surface area is 157 Å². The van der Waals surface area contributed by atoms with Gasteiger partial charge in [-0.2, -0.15) is 0 Å². The van der Waals surface area contributed by atoms with Crippen molar-refractivity contribution in [2.24, 2.45) is 5.41 Å². The Bertz CT molecular complexity index is 813. The second kappa shape index (κ2) is 6.73. The van der Waals surface area contributed by atoms with Gasteiger partial charge in [0.15, 0.2) is 23.2 Å². The summed E-state index contributed by atoms with van der Waals surface area (Å²) in [6.07, 6.45) is 3.94. The van der Waals surface area contributed by atoms with E-state index >= 15 is 0 Å². The van der Waals surface area contributed by atoms with Gasteiger partial charge in [0.05, 0.1) is 19.5 Å². The summed E-state index contributed by atoms with van der Waals surface area (Å²) in [4.78, 5) is 0. The number of benzene rings is 2. The third-order valence-corrected chi connectivity index (χ3v) is 5.82. The number of hydrogen-bond acceptors (Lipinski definition) is 3. The molecule has 3 saturated heterocycles. The van der Waals surface area contributed by atoms with Gasteiger partial charge in [0.1, 0.15) is 0 Å². The molecule has 5 heteroatoms. The third kappa shape index (κ3) is 3.05. The molecule has 27 heavy (non-hydrogen) atoms. The molecule has 0 saturated carbocycles. The first-order valence-electron chi connectivity index (χ1n) is 9.16. The van der Waals surface area contributed by atoms with Gasteiger partial charge in [-0.3, -0.25) is 0 Å². The second-order valence-corrected chi connectivity index (χ2v) is 7.31. The van der Waals surface area contributed by atoms with Crippen LogP contribution in [-0.4, -0.2) is 13.2 Å². The van der Waals surface area contributed by atoms with Crippen molar-refractivity contribution >= 4 is 0 Å². The predicted octanol–water partition coefficient (Wildman–Crippen LogP) is 5.54. The maximum Gasteiger partial charge on any atom is 0.197 e. The summed E-state index contributed by atoms with van der Waals surface area (Å²) in [6, 6.07) is 9.97. The van der Waals surface area contributed by atoms with Crippen molar-refractivity contribution in [3.8, 4) is 16.9 Å². The lowest BCUT2D eigenvalue weighted by atomic mass is 9.75. The molecule has 2 aromatic carbocycles. The molecule has 3 aliphatic heterocycles. The highest BCUT2D eigenvalue weighted by molar-refractivity contribution is 5.65. The average Bonchev–Trinajstić information content (AvgIpc) is 2.72. The topological polar surface area (TPSA) is 27.7 Å². The van der Waals surface area contributed by atoms with Crippen LogP contribution in [0.5, 0.6) is 5.75 Å². The van der Waals surface area contributed by atoms with E-state index in [1.165, 1.54) is 12.1 Å². The molecule has 0 N–H and O–H groups in total. The fourth-order valence-electron chi connectivity index (χ4n) is 3.87. The standard InChI is InChI=1S/C22H22F2O3/c1-3-21-9-10-22(26-13-21,27-14-21)17-7-5-15(6-8-17)16-11-18(23)20(25-4-2)19(24)12-16/h4-8,11-12H,2-3,9-10,13-14H2,1H3. The highest BCUT2D eigenvalue weighted by Crippen LogP contribution is 2.50. The summed E-state index contributed by atoms with van der Waals surface area (Å²) in [5.74, 6) is -2.69. The highest BCUT2D eigenvalue weighted by atomic mass is 19.1. The van der Waals surface area contributed by atoms with E-state index in [0.29, 0.717) is 24.3 Å². The molecule has 0 spiro atoms. The number of ether oxygens (including phenoxy) is 3. The zero-order chi connectivity index (χ0) is 19.1. The van der Waals surface area contributed by atoms with E-state index < -0.39 is 23.2 Å². The van der Waals surface area contributed by atoms with E-state index in [2.05, 4.69) is 13.5 Å². The van der Waals surface area contributed by atoms with Gasteiger partial charge >= 0.3 is 0 Å². The van der Waals surface area contributed by atoms with Crippen LogP contribution >= 0.6 is 0 Å². The van der Waals surface area contributed by atoms with E-state index in [4.69, 9.17) is 14.2 Å². The summed E-state index contributed by atoms with van der Waals surface area (Å²) >= 11 is 0. The highest BCUT2D eigenvalue weighted by Gasteiger charge is 2.51. The van der Waals surface area contributed by atoms with Crippen LogP contribution in [0.25, 0.3) is 11.1 Å². The monoisotopic (exact) mass is 372 g/mol. The molecule has 3 fully saturated rings. The van der Waals surface area contributed by atoms with Crippen LogP contribution in [-0.2, 0) is 15.3 Å². The van der Waals surface area contributed by atoms with E-state index in [1.54, 1.807) is 0 Å². The first-order valence-corrected chi connectivity index (χ1v) is 9.16. The minimum Gasteiger partial charge on any atom is -0.459 e. The van der Waals surface area contributed by atoms with Crippen LogP contribution < -0.4 is 4.74 Å². The molecule has 3 aliphatic rings. The molecule has 142 valence electrons. The number of rotatable bonds is 5. The summed E-state index contributed by atoms with van der Waals surface area (Å²) < 4.78 is 45.2. The summed E-state index contributed by atoms with van der Waals surface area (Å²) in [5.41, 5.74) is 2.21. The third-order valence-electron chi connectivity index (χ3n) is 5.82. The number of hydrogen-bond donors (Lipinski definition) is 0. The predicted molar refractivity (Wildman–Crippen MR) is 98.2 cm³/mol. The maximum atomic E-state index is 14.1. The lowest BCUT2D eigenvalue weighted by molar-refractivity contribution is -0.350. The van der Waals surface area contributed by atoms with E-state index in [9.17, 15) is 8.78 Å². The Morgan fingerprint density at radius 3 is 2.15 bits per heavy atom. The average molecular weight is 372 g/mol. The van der Waals surface area contributed by atoms with E-state index in [1.807, 2.05) is 24.3 Å². The molecular formula is C22H22F2O3. The summed E-state index contributed by atoms with van der Waals surface area (Å²) in [7, 11) is 0. The van der Waals surface area contributed by atoms with Crippen molar-refractivity contribution in [3.63, 3.8) is 0 Å². The van der Waals surface area contributed by atoms with Crippen LogP contribution in [0.2, 0.25) is 0 Å². The minimum atomic E-state index is -0.769. The first-order chi connectivity index (χ1) is 13.0. The molecule has 3 heterocycles. The molecule has 0 aromatic heterocycles. The van der Waals surface area contributed by atoms with Crippen molar-refractivity contribution in [2.75, 3.05) is 13.2 Å². The van der Waals surface area contributed by atoms with Gasteiger partial charge in [-0.15, -0.1) is 0 Å². The van der Waals surface area contributed by atoms with Crippen LogP contribution in [0, 0.1) is 17.0 Å². The van der Waals surface area contributed by atoms with Crippen molar-refractivity contribution < 1.29 is 23.0 Å². The summed E-state index contributed by atoms with van der Waals surface area (Å²) in [6.45, 7) is 6.89. The van der Waals surface area contributed by atoms with Crippen LogP contribution in [0.4, 0.5) is 8.78 Å². The molecule has 0 unspecified atom stereocenters. The molecular weight excluding hydrogens is 350 g/mol. The number of fused-ring (bicyclic) bond motifs is 3. The zero-order valence-corrected chi connectivity index (χ0v) is 15.3. The molecule has 0 radical (unpaired) electrons. The zero-order valence-electron chi connectivity index (χ0n) is 15.3. The van der Waals surface area contributed by atoms with Crippen molar-refractivity contribution in [1.82, 2.24) is 0 Å². The van der Waals surface area contributed by atoms with Crippen molar-refractivity contribution in [2.45, 2.75) is 32.0 Å². The summed E-state index contributed by atoms with van der Waals surface area (Å²) in [5, 5.41) is 0. The fraction of sp³-hybridized carbons (Fsp3) is 0.364. The Kier molecular flexibility index (Phi) is 4.52. The molecule has 0 aliphatic carbocycles. The quantitative estimate of drug-likeness (QED) is 0.645. The van der Waals surface area contributed by atoms with Gasteiger partial charge in [-0.25, -0.2) is 8.78 Å². The van der Waals surface area contributed by atoms with Gasteiger partial charge in [-0.05, 0) is 36.1 Å². The number of halogens is 2. The largest absolute Gasteiger partial charge is 0.459 e. The minimum absolute atomic E-state index is 0.145. The smallest absolute Gasteiger partial charge is 0.197 e. The second-order valence-electron chi connectivity index (χ2n) is 7.31. The van der Waals surface area contributed by atoms with Crippen LogP contribution in [0.3, 0.4) is 0 Å². The first kappa shape index (κ1) is 18.1. The molecule has 3 nitrogen and oxygen atoms in total.